The van der Waals surface area contributed by atoms with Gasteiger partial charge >= 0.3 is 0 Å². The summed E-state index contributed by atoms with van der Waals surface area (Å²) >= 11 is 3.50. The maximum atomic E-state index is 4.72. The van der Waals surface area contributed by atoms with Gasteiger partial charge in [-0.15, -0.1) is 0 Å². The highest BCUT2D eigenvalue weighted by atomic mass is 79.9. The Hall–Kier alpha value is -0.640. The Morgan fingerprint density at radius 1 is 1.39 bits per heavy atom. The molecule has 0 amide bonds. The maximum absolute atomic E-state index is 4.72. The zero-order valence-corrected chi connectivity index (χ0v) is 13.1. The Morgan fingerprint density at radius 2 is 2.11 bits per heavy atom. The molecule has 1 heterocycles. The number of rotatable bonds is 6. The number of anilines is 1. The van der Waals surface area contributed by atoms with Crippen molar-refractivity contribution in [3.63, 3.8) is 0 Å². The summed E-state index contributed by atoms with van der Waals surface area (Å²) in [5.41, 5.74) is 0. The summed E-state index contributed by atoms with van der Waals surface area (Å²) in [5.74, 6) is 3.25. The van der Waals surface area contributed by atoms with Crippen LogP contribution in [0, 0.1) is 5.92 Å². The van der Waals surface area contributed by atoms with E-state index in [9.17, 15) is 0 Å². The molecule has 0 saturated heterocycles. The van der Waals surface area contributed by atoms with E-state index in [1.165, 1.54) is 12.8 Å². The molecule has 0 N–H and O–H groups in total. The normalized spacial score (nSPS) is 15.2. The van der Waals surface area contributed by atoms with Gasteiger partial charge in [0, 0.05) is 25.1 Å². The van der Waals surface area contributed by atoms with Gasteiger partial charge in [0.1, 0.15) is 16.2 Å². The number of hydrogen-bond donors (Lipinski definition) is 0. The first kappa shape index (κ1) is 13.8. The van der Waals surface area contributed by atoms with Gasteiger partial charge in [-0.1, -0.05) is 20.8 Å². The number of halogens is 1. The van der Waals surface area contributed by atoms with Gasteiger partial charge in [-0.25, -0.2) is 9.97 Å². The zero-order chi connectivity index (χ0) is 13.1. The summed E-state index contributed by atoms with van der Waals surface area (Å²) in [5, 5.41) is 0. The first-order valence-corrected chi connectivity index (χ1v) is 7.69. The van der Waals surface area contributed by atoms with E-state index in [4.69, 9.17) is 4.98 Å². The highest BCUT2D eigenvalue weighted by Gasteiger charge is 2.25. The molecule has 0 atom stereocenters. The Kier molecular flexibility index (Phi) is 4.60. The molecular weight excluding hydrogens is 290 g/mol. The molecule has 100 valence electrons. The Morgan fingerprint density at radius 3 is 2.67 bits per heavy atom. The molecule has 1 saturated carbocycles. The Balaban J connectivity index is 2.21. The first-order chi connectivity index (χ1) is 8.60. The molecular formula is C14H22BrN3. The van der Waals surface area contributed by atoms with Gasteiger partial charge in [-0.2, -0.15) is 0 Å². The van der Waals surface area contributed by atoms with Crippen molar-refractivity contribution in [1.29, 1.82) is 0 Å². The van der Waals surface area contributed by atoms with Gasteiger partial charge in [0.2, 0.25) is 0 Å². The monoisotopic (exact) mass is 311 g/mol. The summed E-state index contributed by atoms with van der Waals surface area (Å²) < 4.78 is 0.896. The third kappa shape index (κ3) is 3.67. The van der Waals surface area contributed by atoms with Gasteiger partial charge in [-0.3, -0.25) is 0 Å². The van der Waals surface area contributed by atoms with E-state index in [-0.39, 0.29) is 0 Å². The second kappa shape index (κ2) is 6.00. The summed E-state index contributed by atoms with van der Waals surface area (Å²) in [7, 11) is 0. The second-order valence-corrected chi connectivity index (χ2v) is 6.26. The van der Waals surface area contributed by atoms with Crippen LogP contribution in [0.1, 0.15) is 51.8 Å². The minimum Gasteiger partial charge on any atom is -0.356 e. The zero-order valence-electron chi connectivity index (χ0n) is 11.5. The van der Waals surface area contributed by atoms with Crippen molar-refractivity contribution in [3.05, 3.63) is 16.5 Å². The van der Waals surface area contributed by atoms with Gasteiger partial charge in [-0.05, 0) is 41.1 Å². The largest absolute Gasteiger partial charge is 0.356 e. The second-order valence-electron chi connectivity index (χ2n) is 5.45. The first-order valence-electron chi connectivity index (χ1n) is 6.89. The van der Waals surface area contributed by atoms with Crippen LogP contribution in [0.4, 0.5) is 5.82 Å². The van der Waals surface area contributed by atoms with Crippen molar-refractivity contribution in [2.75, 3.05) is 18.0 Å². The average molecular weight is 312 g/mol. The third-order valence-corrected chi connectivity index (χ3v) is 3.61. The quantitative estimate of drug-likeness (QED) is 0.744. The lowest BCUT2D eigenvalue weighted by atomic mass is 10.2. The highest BCUT2D eigenvalue weighted by molar-refractivity contribution is 9.10. The van der Waals surface area contributed by atoms with Crippen LogP contribution in [0.3, 0.4) is 0 Å². The van der Waals surface area contributed by atoms with Crippen molar-refractivity contribution < 1.29 is 0 Å². The smallest absolute Gasteiger partial charge is 0.134 e. The molecule has 4 heteroatoms. The minimum atomic E-state index is 0.366. The van der Waals surface area contributed by atoms with E-state index < -0.39 is 0 Å². The van der Waals surface area contributed by atoms with E-state index in [1.807, 2.05) is 6.07 Å². The van der Waals surface area contributed by atoms with E-state index >= 15 is 0 Å². The van der Waals surface area contributed by atoms with Crippen molar-refractivity contribution >= 4 is 21.7 Å². The molecule has 1 aliphatic rings. The van der Waals surface area contributed by atoms with Crippen LogP contribution in [0.15, 0.2) is 10.7 Å². The molecule has 0 spiro atoms. The molecule has 1 aromatic heterocycles. The van der Waals surface area contributed by atoms with Crippen LogP contribution in [-0.4, -0.2) is 23.1 Å². The molecule has 0 aliphatic heterocycles. The minimum absolute atomic E-state index is 0.366. The lowest BCUT2D eigenvalue weighted by molar-refractivity contribution is 0.685. The van der Waals surface area contributed by atoms with Crippen LogP contribution < -0.4 is 4.90 Å². The van der Waals surface area contributed by atoms with Crippen LogP contribution in [0.5, 0.6) is 0 Å². The van der Waals surface area contributed by atoms with Crippen molar-refractivity contribution in [3.8, 4) is 0 Å². The predicted molar refractivity (Wildman–Crippen MR) is 79.0 cm³/mol. The van der Waals surface area contributed by atoms with E-state index in [0.717, 1.165) is 41.7 Å². The Bertz CT molecular complexity index is 402. The van der Waals surface area contributed by atoms with E-state index in [2.05, 4.69) is 46.6 Å². The number of nitrogens with zero attached hydrogens (tertiary/aromatic N) is 3. The summed E-state index contributed by atoms with van der Waals surface area (Å²) in [6, 6.07) is 2.05. The molecule has 2 rings (SSSR count). The molecule has 1 aliphatic carbocycles. The van der Waals surface area contributed by atoms with Gasteiger partial charge < -0.3 is 4.90 Å². The van der Waals surface area contributed by atoms with Crippen LogP contribution >= 0.6 is 15.9 Å². The maximum Gasteiger partial charge on any atom is 0.134 e. The fraction of sp³-hybridized carbons (Fsp3) is 0.714. The molecule has 0 bridgehead atoms. The lowest BCUT2D eigenvalue weighted by Gasteiger charge is -2.24. The van der Waals surface area contributed by atoms with E-state index in [1.54, 1.807) is 0 Å². The predicted octanol–water partition coefficient (Wildman–Crippen LogP) is 3.99. The van der Waals surface area contributed by atoms with Gasteiger partial charge in [0.05, 0.1) is 0 Å². The van der Waals surface area contributed by atoms with Gasteiger partial charge in [0.25, 0.3) is 0 Å². The number of aromatic nitrogens is 2. The van der Waals surface area contributed by atoms with Crippen LogP contribution in [0.2, 0.25) is 0 Å². The summed E-state index contributed by atoms with van der Waals surface area (Å²) in [6.45, 7) is 8.72. The van der Waals surface area contributed by atoms with Crippen molar-refractivity contribution in [2.45, 2.75) is 46.0 Å². The fourth-order valence-corrected chi connectivity index (χ4v) is 2.41. The fourth-order valence-electron chi connectivity index (χ4n) is 2.02. The van der Waals surface area contributed by atoms with Crippen LogP contribution in [-0.2, 0) is 0 Å². The Labute approximate surface area is 118 Å². The lowest BCUT2D eigenvalue weighted by Crippen LogP contribution is -2.28. The molecule has 0 aromatic carbocycles. The molecule has 0 unspecified atom stereocenters. The molecule has 18 heavy (non-hydrogen) atoms. The summed E-state index contributed by atoms with van der Waals surface area (Å²) in [6.07, 6.45) is 3.92. The molecule has 1 fully saturated rings. The van der Waals surface area contributed by atoms with E-state index in [0.29, 0.717) is 5.92 Å². The SMILES string of the molecule is CCCN(CC1CC1)c1cc(Br)nc(C(C)C)n1. The molecule has 3 nitrogen and oxygen atoms in total. The summed E-state index contributed by atoms with van der Waals surface area (Å²) in [4.78, 5) is 11.6. The van der Waals surface area contributed by atoms with Gasteiger partial charge in [0.15, 0.2) is 0 Å². The number of hydrogen-bond acceptors (Lipinski definition) is 3. The third-order valence-electron chi connectivity index (χ3n) is 3.21. The van der Waals surface area contributed by atoms with Crippen molar-refractivity contribution in [2.24, 2.45) is 5.92 Å². The highest BCUT2D eigenvalue weighted by Crippen LogP contribution is 2.31. The standard InChI is InChI=1S/C14H22BrN3/c1-4-7-18(9-11-5-6-11)13-8-12(15)16-14(17-13)10(2)3/h8,10-11H,4-7,9H2,1-3H3. The van der Waals surface area contributed by atoms with Crippen molar-refractivity contribution in [1.82, 2.24) is 9.97 Å². The van der Waals surface area contributed by atoms with Crippen LogP contribution in [0.25, 0.3) is 0 Å². The molecule has 0 radical (unpaired) electrons. The average Bonchev–Trinajstić information content (AvgIpc) is 3.11. The molecule has 1 aromatic rings. The topological polar surface area (TPSA) is 29.0 Å².